The standard InChI is InChI=1S/C17H18N2O2/c1-12-4-3-5-13(8-12)10-18-14-6-7-15-16(9-14)21-11-17(20)19(15)2/h3-9,18H,10-11H2,1-2H3. The Bertz CT molecular complexity index is 682. The molecule has 0 saturated carbocycles. The Morgan fingerprint density at radius 3 is 2.90 bits per heavy atom. The van der Waals surface area contributed by atoms with Gasteiger partial charge in [0.05, 0.1) is 5.69 Å². The highest BCUT2D eigenvalue weighted by atomic mass is 16.5. The van der Waals surface area contributed by atoms with Gasteiger partial charge >= 0.3 is 0 Å². The second-order valence-electron chi connectivity index (χ2n) is 5.27. The molecule has 108 valence electrons. The van der Waals surface area contributed by atoms with Gasteiger partial charge in [-0.2, -0.15) is 0 Å². The number of hydrogen-bond acceptors (Lipinski definition) is 3. The van der Waals surface area contributed by atoms with Crippen LogP contribution in [0.5, 0.6) is 5.75 Å². The predicted octanol–water partition coefficient (Wildman–Crippen LogP) is 2.96. The molecule has 0 fully saturated rings. The molecule has 0 bridgehead atoms. The summed E-state index contributed by atoms with van der Waals surface area (Å²) in [5.74, 6) is 0.717. The first-order valence-electron chi connectivity index (χ1n) is 6.96. The fourth-order valence-electron chi connectivity index (χ4n) is 2.41. The molecule has 0 unspecified atom stereocenters. The van der Waals surface area contributed by atoms with Crippen molar-refractivity contribution in [2.24, 2.45) is 0 Å². The summed E-state index contributed by atoms with van der Waals surface area (Å²) >= 11 is 0. The Labute approximate surface area is 124 Å². The zero-order chi connectivity index (χ0) is 14.8. The molecule has 3 rings (SSSR count). The van der Waals surface area contributed by atoms with E-state index in [2.05, 4.69) is 36.5 Å². The number of ether oxygens (including phenoxy) is 1. The number of hydrogen-bond donors (Lipinski definition) is 1. The maximum atomic E-state index is 11.6. The number of fused-ring (bicyclic) bond motifs is 1. The first-order valence-corrected chi connectivity index (χ1v) is 6.96. The Morgan fingerprint density at radius 2 is 2.10 bits per heavy atom. The van der Waals surface area contributed by atoms with Crippen LogP contribution in [0.25, 0.3) is 0 Å². The van der Waals surface area contributed by atoms with Crippen molar-refractivity contribution in [3.8, 4) is 5.75 Å². The van der Waals surface area contributed by atoms with Crippen molar-refractivity contribution >= 4 is 17.3 Å². The fourth-order valence-corrected chi connectivity index (χ4v) is 2.41. The summed E-state index contributed by atoms with van der Waals surface area (Å²) in [4.78, 5) is 13.2. The number of carbonyl (C=O) groups is 1. The molecule has 4 heteroatoms. The Morgan fingerprint density at radius 1 is 1.24 bits per heavy atom. The van der Waals surface area contributed by atoms with Crippen molar-refractivity contribution in [2.45, 2.75) is 13.5 Å². The van der Waals surface area contributed by atoms with Gasteiger partial charge in [0.15, 0.2) is 6.61 Å². The zero-order valence-electron chi connectivity index (χ0n) is 12.2. The van der Waals surface area contributed by atoms with Crippen LogP contribution in [0.1, 0.15) is 11.1 Å². The highest BCUT2D eigenvalue weighted by Crippen LogP contribution is 2.33. The molecule has 0 saturated heterocycles. The highest BCUT2D eigenvalue weighted by Gasteiger charge is 2.22. The topological polar surface area (TPSA) is 41.6 Å². The summed E-state index contributed by atoms with van der Waals surface area (Å²) in [5.41, 5.74) is 4.29. The lowest BCUT2D eigenvalue weighted by Crippen LogP contribution is -2.35. The minimum atomic E-state index is -0.0250. The number of amides is 1. The van der Waals surface area contributed by atoms with E-state index in [1.807, 2.05) is 18.2 Å². The number of anilines is 2. The molecule has 0 spiro atoms. The molecule has 4 nitrogen and oxygen atoms in total. The van der Waals surface area contributed by atoms with E-state index < -0.39 is 0 Å². The summed E-state index contributed by atoms with van der Waals surface area (Å²) < 4.78 is 5.49. The van der Waals surface area contributed by atoms with Crippen molar-refractivity contribution in [3.05, 3.63) is 53.6 Å². The van der Waals surface area contributed by atoms with E-state index in [1.165, 1.54) is 11.1 Å². The van der Waals surface area contributed by atoms with Gasteiger partial charge in [-0.25, -0.2) is 0 Å². The third-order valence-corrected chi connectivity index (χ3v) is 3.63. The van der Waals surface area contributed by atoms with Crippen LogP contribution in [0, 0.1) is 6.92 Å². The molecule has 2 aromatic rings. The second-order valence-corrected chi connectivity index (χ2v) is 5.27. The van der Waals surface area contributed by atoms with Crippen molar-refractivity contribution < 1.29 is 9.53 Å². The highest BCUT2D eigenvalue weighted by molar-refractivity contribution is 5.97. The van der Waals surface area contributed by atoms with Crippen LogP contribution in [0.3, 0.4) is 0 Å². The molecule has 0 aromatic heterocycles. The average Bonchev–Trinajstić information content (AvgIpc) is 2.49. The van der Waals surface area contributed by atoms with Gasteiger partial charge in [-0.05, 0) is 24.6 Å². The van der Waals surface area contributed by atoms with E-state index in [1.54, 1.807) is 11.9 Å². The van der Waals surface area contributed by atoms with Crippen molar-refractivity contribution in [3.63, 3.8) is 0 Å². The normalized spacial score (nSPS) is 13.6. The summed E-state index contributed by atoms with van der Waals surface area (Å²) in [5, 5.41) is 3.38. The van der Waals surface area contributed by atoms with E-state index in [9.17, 15) is 4.79 Å². The summed E-state index contributed by atoms with van der Waals surface area (Å²) in [6, 6.07) is 14.2. The van der Waals surface area contributed by atoms with Crippen molar-refractivity contribution in [2.75, 3.05) is 23.9 Å². The van der Waals surface area contributed by atoms with Gasteiger partial charge in [0.2, 0.25) is 0 Å². The summed E-state index contributed by atoms with van der Waals surface area (Å²) in [6.07, 6.45) is 0. The first kappa shape index (κ1) is 13.5. The van der Waals surface area contributed by atoms with Gasteiger partial charge in [0.1, 0.15) is 5.75 Å². The molecular formula is C17H18N2O2. The summed E-state index contributed by atoms with van der Waals surface area (Å²) in [7, 11) is 1.77. The van der Waals surface area contributed by atoms with Crippen LogP contribution in [0.15, 0.2) is 42.5 Å². The molecule has 0 atom stereocenters. The second kappa shape index (κ2) is 5.48. The molecule has 1 amide bonds. The lowest BCUT2D eigenvalue weighted by Gasteiger charge is -2.26. The van der Waals surface area contributed by atoms with Crippen LogP contribution < -0.4 is 15.0 Å². The Balaban J connectivity index is 1.74. The number of carbonyl (C=O) groups excluding carboxylic acids is 1. The number of likely N-dealkylation sites (N-methyl/N-ethyl adjacent to an activating group) is 1. The minimum absolute atomic E-state index is 0.0250. The average molecular weight is 282 g/mol. The monoisotopic (exact) mass is 282 g/mol. The van der Waals surface area contributed by atoms with Crippen LogP contribution in [-0.4, -0.2) is 19.6 Å². The number of rotatable bonds is 3. The van der Waals surface area contributed by atoms with E-state index in [0.29, 0.717) is 0 Å². The first-order chi connectivity index (χ1) is 10.1. The molecular weight excluding hydrogens is 264 g/mol. The number of nitrogens with one attached hydrogen (secondary N) is 1. The van der Waals surface area contributed by atoms with Crippen LogP contribution in [0.2, 0.25) is 0 Å². The van der Waals surface area contributed by atoms with Gasteiger partial charge in [-0.3, -0.25) is 4.79 Å². The lowest BCUT2D eigenvalue weighted by atomic mass is 10.1. The molecule has 2 aromatic carbocycles. The van der Waals surface area contributed by atoms with E-state index >= 15 is 0 Å². The molecule has 0 radical (unpaired) electrons. The van der Waals surface area contributed by atoms with Crippen molar-refractivity contribution in [1.29, 1.82) is 0 Å². The van der Waals surface area contributed by atoms with Gasteiger partial charge in [-0.1, -0.05) is 29.8 Å². The summed E-state index contributed by atoms with van der Waals surface area (Å²) in [6.45, 7) is 2.95. The molecule has 1 N–H and O–H groups in total. The van der Waals surface area contributed by atoms with Gasteiger partial charge in [0, 0.05) is 25.3 Å². The Kier molecular flexibility index (Phi) is 3.52. The van der Waals surface area contributed by atoms with Gasteiger partial charge < -0.3 is 15.0 Å². The van der Waals surface area contributed by atoms with E-state index in [-0.39, 0.29) is 12.5 Å². The smallest absolute Gasteiger partial charge is 0.264 e. The fraction of sp³-hybridized carbons (Fsp3) is 0.235. The minimum Gasteiger partial charge on any atom is -0.481 e. The molecule has 1 aliphatic rings. The number of benzene rings is 2. The molecule has 1 aliphatic heterocycles. The molecule has 21 heavy (non-hydrogen) atoms. The van der Waals surface area contributed by atoms with Crippen LogP contribution in [-0.2, 0) is 11.3 Å². The number of nitrogens with zero attached hydrogens (tertiary/aromatic N) is 1. The maximum Gasteiger partial charge on any atom is 0.264 e. The molecule has 1 heterocycles. The van der Waals surface area contributed by atoms with Crippen molar-refractivity contribution in [1.82, 2.24) is 0 Å². The van der Waals surface area contributed by atoms with Crippen LogP contribution >= 0.6 is 0 Å². The van der Waals surface area contributed by atoms with Gasteiger partial charge in [-0.15, -0.1) is 0 Å². The van der Waals surface area contributed by atoms with Gasteiger partial charge in [0.25, 0.3) is 5.91 Å². The van der Waals surface area contributed by atoms with E-state index in [0.717, 1.165) is 23.7 Å². The lowest BCUT2D eigenvalue weighted by molar-refractivity contribution is -0.120. The SMILES string of the molecule is Cc1cccc(CNc2ccc3c(c2)OCC(=O)N3C)c1. The largest absolute Gasteiger partial charge is 0.481 e. The molecule has 0 aliphatic carbocycles. The zero-order valence-corrected chi connectivity index (χ0v) is 12.2. The maximum absolute atomic E-state index is 11.6. The predicted molar refractivity (Wildman–Crippen MR) is 83.9 cm³/mol. The Hall–Kier alpha value is -2.49. The quantitative estimate of drug-likeness (QED) is 0.941. The third-order valence-electron chi connectivity index (χ3n) is 3.63. The van der Waals surface area contributed by atoms with E-state index in [4.69, 9.17) is 4.74 Å². The third kappa shape index (κ3) is 2.84. The number of aryl methyl sites for hydroxylation is 1. The van der Waals surface area contributed by atoms with Crippen LogP contribution in [0.4, 0.5) is 11.4 Å².